The quantitative estimate of drug-likeness (QED) is 0.765. The lowest BCUT2D eigenvalue weighted by Gasteiger charge is -2.40. The summed E-state index contributed by atoms with van der Waals surface area (Å²) in [6.45, 7) is 18.3. The van der Waals surface area contributed by atoms with E-state index in [1.165, 1.54) is 29.7 Å². The molecule has 1 fully saturated rings. The van der Waals surface area contributed by atoms with Gasteiger partial charge in [-0.15, -0.1) is 0 Å². The number of nitrogens with one attached hydrogen (secondary N) is 1. The van der Waals surface area contributed by atoms with Crippen LogP contribution in [0.5, 0.6) is 0 Å². The van der Waals surface area contributed by atoms with E-state index in [2.05, 4.69) is 36.9 Å². The van der Waals surface area contributed by atoms with E-state index in [4.69, 9.17) is 0 Å². The predicted molar refractivity (Wildman–Crippen MR) is 78.3 cm³/mol. The average Bonchev–Trinajstić information content (AvgIpc) is 2.69. The first-order valence-electron chi connectivity index (χ1n) is 6.71. The van der Waals surface area contributed by atoms with Crippen molar-refractivity contribution < 1.29 is 0 Å². The molecule has 1 N–H and O–H groups in total. The number of hydrogen-bond acceptors (Lipinski definition) is 2. The number of allylic oxidation sites excluding steroid dienone is 2. The van der Waals surface area contributed by atoms with Crippen LogP contribution in [-0.4, -0.2) is 31.1 Å². The highest BCUT2D eigenvalue weighted by atomic mass is 15.1. The molecular formula is C16H24N2. The lowest BCUT2D eigenvalue weighted by atomic mass is 9.73. The molecule has 2 aliphatic rings. The minimum Gasteiger partial charge on any atom is -0.384 e. The zero-order valence-electron chi connectivity index (χ0n) is 11.5. The Labute approximate surface area is 111 Å². The summed E-state index contributed by atoms with van der Waals surface area (Å²) < 4.78 is 0. The van der Waals surface area contributed by atoms with Crippen LogP contribution in [0.15, 0.2) is 48.7 Å². The molecule has 2 nitrogen and oxygen atoms in total. The van der Waals surface area contributed by atoms with E-state index in [0.29, 0.717) is 0 Å². The average molecular weight is 244 g/mol. The lowest BCUT2D eigenvalue weighted by molar-refractivity contribution is 0.151. The largest absolute Gasteiger partial charge is 0.384 e. The van der Waals surface area contributed by atoms with Crippen LogP contribution in [0.3, 0.4) is 0 Å². The third kappa shape index (κ3) is 2.30. The predicted octanol–water partition coefficient (Wildman–Crippen LogP) is 2.87. The number of hydrogen-bond donors (Lipinski definition) is 1. The van der Waals surface area contributed by atoms with Crippen molar-refractivity contribution in [2.45, 2.75) is 19.8 Å². The zero-order chi connectivity index (χ0) is 13.2. The third-order valence-electron chi connectivity index (χ3n) is 4.19. The molecule has 2 rings (SSSR count). The first kappa shape index (κ1) is 13.2. The van der Waals surface area contributed by atoms with Crippen LogP contribution in [0.2, 0.25) is 0 Å². The molecular weight excluding hydrogens is 220 g/mol. The Bertz CT molecular complexity index is 395. The summed E-state index contributed by atoms with van der Waals surface area (Å²) in [6.07, 6.45) is 6.34. The van der Waals surface area contributed by atoms with Gasteiger partial charge < -0.3 is 5.32 Å². The summed E-state index contributed by atoms with van der Waals surface area (Å²) in [5.41, 5.74) is 4.09. The highest BCUT2D eigenvalue weighted by Gasteiger charge is 2.41. The topological polar surface area (TPSA) is 15.3 Å². The van der Waals surface area contributed by atoms with E-state index in [1.807, 2.05) is 12.2 Å². The maximum Gasteiger partial charge on any atom is 0.0373 e. The molecule has 2 aliphatic heterocycles. The van der Waals surface area contributed by atoms with Gasteiger partial charge in [0, 0.05) is 24.2 Å². The van der Waals surface area contributed by atoms with E-state index in [9.17, 15) is 0 Å². The number of piperidine rings is 1. The molecule has 0 unspecified atom stereocenters. The third-order valence-corrected chi connectivity index (χ3v) is 4.19. The monoisotopic (exact) mass is 244 g/mol. The van der Waals surface area contributed by atoms with Gasteiger partial charge in [0.15, 0.2) is 0 Å². The first-order chi connectivity index (χ1) is 8.61. The number of rotatable bonds is 4. The van der Waals surface area contributed by atoms with Crippen LogP contribution in [0, 0.1) is 5.41 Å². The van der Waals surface area contributed by atoms with E-state index >= 15 is 0 Å². The Morgan fingerprint density at radius 2 is 2.00 bits per heavy atom. The fraction of sp³-hybridized carbons (Fsp3) is 0.500. The standard InChI is InChI=1S/C16H24N2/c1-5-14-15(6-2)17-12-16(14)7-9-18(10-8-16)11-13(3)4/h5-6,17H,1-3,7-12H2,4H3. The van der Waals surface area contributed by atoms with Crippen LogP contribution >= 0.6 is 0 Å². The van der Waals surface area contributed by atoms with Gasteiger partial charge in [-0.3, -0.25) is 4.90 Å². The molecule has 0 saturated carbocycles. The van der Waals surface area contributed by atoms with Crippen LogP contribution in [0.25, 0.3) is 0 Å². The normalized spacial score (nSPS) is 22.9. The molecule has 1 saturated heterocycles. The van der Waals surface area contributed by atoms with Gasteiger partial charge in [0.25, 0.3) is 0 Å². The fourth-order valence-corrected chi connectivity index (χ4v) is 3.22. The van der Waals surface area contributed by atoms with Gasteiger partial charge >= 0.3 is 0 Å². The second-order valence-corrected chi connectivity index (χ2v) is 5.60. The maximum absolute atomic E-state index is 4.00. The van der Waals surface area contributed by atoms with E-state index in [-0.39, 0.29) is 5.41 Å². The summed E-state index contributed by atoms with van der Waals surface area (Å²) in [7, 11) is 0. The summed E-state index contributed by atoms with van der Waals surface area (Å²) >= 11 is 0. The highest BCUT2D eigenvalue weighted by Crippen LogP contribution is 2.43. The van der Waals surface area contributed by atoms with Crippen molar-refractivity contribution in [1.82, 2.24) is 10.2 Å². The van der Waals surface area contributed by atoms with E-state index < -0.39 is 0 Å². The molecule has 0 aliphatic carbocycles. The molecule has 0 aromatic heterocycles. The van der Waals surface area contributed by atoms with Gasteiger partial charge in [0.1, 0.15) is 0 Å². The van der Waals surface area contributed by atoms with Crippen molar-refractivity contribution in [3.05, 3.63) is 48.7 Å². The molecule has 1 spiro atoms. The van der Waals surface area contributed by atoms with Crippen LogP contribution < -0.4 is 5.32 Å². The number of likely N-dealkylation sites (tertiary alicyclic amines) is 1. The van der Waals surface area contributed by atoms with Crippen molar-refractivity contribution in [2.24, 2.45) is 5.41 Å². The minimum atomic E-state index is 0.289. The molecule has 0 bridgehead atoms. The van der Waals surface area contributed by atoms with E-state index in [0.717, 1.165) is 26.2 Å². The molecule has 0 atom stereocenters. The van der Waals surface area contributed by atoms with Crippen molar-refractivity contribution in [3.8, 4) is 0 Å². The van der Waals surface area contributed by atoms with Crippen LogP contribution in [0.4, 0.5) is 0 Å². The summed E-state index contributed by atoms with van der Waals surface area (Å²) in [5.74, 6) is 0. The minimum absolute atomic E-state index is 0.289. The molecule has 0 radical (unpaired) electrons. The smallest absolute Gasteiger partial charge is 0.0373 e. The van der Waals surface area contributed by atoms with Gasteiger partial charge in [-0.2, -0.15) is 0 Å². The van der Waals surface area contributed by atoms with Crippen LogP contribution in [0.1, 0.15) is 19.8 Å². The van der Waals surface area contributed by atoms with Gasteiger partial charge in [0.05, 0.1) is 0 Å². The second-order valence-electron chi connectivity index (χ2n) is 5.60. The SMILES string of the molecule is C=CC1=C(C=C)C2(CCN(CC(=C)C)CC2)CN1. The molecule has 2 heteroatoms. The fourth-order valence-electron chi connectivity index (χ4n) is 3.22. The van der Waals surface area contributed by atoms with Crippen molar-refractivity contribution in [3.63, 3.8) is 0 Å². The van der Waals surface area contributed by atoms with Crippen LogP contribution in [-0.2, 0) is 0 Å². The Morgan fingerprint density at radius 1 is 1.33 bits per heavy atom. The summed E-state index contributed by atoms with van der Waals surface area (Å²) in [6, 6.07) is 0. The molecule has 0 aromatic carbocycles. The van der Waals surface area contributed by atoms with Gasteiger partial charge in [-0.05, 0) is 44.5 Å². The molecule has 0 amide bonds. The molecule has 18 heavy (non-hydrogen) atoms. The van der Waals surface area contributed by atoms with Crippen molar-refractivity contribution in [2.75, 3.05) is 26.2 Å². The lowest BCUT2D eigenvalue weighted by Crippen LogP contribution is -2.43. The molecule has 2 heterocycles. The summed E-state index contributed by atoms with van der Waals surface area (Å²) in [4.78, 5) is 2.50. The molecule has 98 valence electrons. The Hall–Kier alpha value is -1.28. The Morgan fingerprint density at radius 3 is 2.50 bits per heavy atom. The van der Waals surface area contributed by atoms with Gasteiger partial charge in [-0.1, -0.05) is 31.4 Å². The Kier molecular flexibility index (Phi) is 3.76. The van der Waals surface area contributed by atoms with E-state index in [1.54, 1.807) is 0 Å². The maximum atomic E-state index is 4.00. The Balaban J connectivity index is 2.08. The first-order valence-corrected chi connectivity index (χ1v) is 6.71. The molecule has 0 aromatic rings. The van der Waals surface area contributed by atoms with Crippen molar-refractivity contribution >= 4 is 0 Å². The highest BCUT2D eigenvalue weighted by molar-refractivity contribution is 5.41. The van der Waals surface area contributed by atoms with Crippen molar-refractivity contribution in [1.29, 1.82) is 0 Å². The summed E-state index contributed by atoms with van der Waals surface area (Å²) in [5, 5.41) is 3.48. The van der Waals surface area contributed by atoms with Gasteiger partial charge in [0.2, 0.25) is 0 Å². The second kappa shape index (κ2) is 5.15. The van der Waals surface area contributed by atoms with Gasteiger partial charge in [-0.25, -0.2) is 0 Å². The zero-order valence-corrected chi connectivity index (χ0v) is 11.5. The number of nitrogens with zero attached hydrogens (tertiary/aromatic N) is 1.